The first-order valence-electron chi connectivity index (χ1n) is 9.60. The van der Waals surface area contributed by atoms with Crippen LogP contribution in [0.4, 0.5) is 14.5 Å². The van der Waals surface area contributed by atoms with E-state index in [0.717, 1.165) is 11.6 Å². The number of aryl methyl sites for hydroxylation is 1. The van der Waals surface area contributed by atoms with Crippen molar-refractivity contribution in [2.45, 2.75) is 50.1 Å². The van der Waals surface area contributed by atoms with E-state index in [4.69, 9.17) is 0 Å². The van der Waals surface area contributed by atoms with E-state index in [9.17, 15) is 22.0 Å². The molecule has 2 aromatic rings. The third-order valence-electron chi connectivity index (χ3n) is 5.72. The number of hydrogen-bond donors (Lipinski definition) is 0. The number of carbonyl (C=O) groups is 1. The summed E-state index contributed by atoms with van der Waals surface area (Å²) < 4.78 is 55.3. The Morgan fingerprint density at radius 2 is 1.79 bits per heavy atom. The maximum atomic E-state index is 14.2. The molecule has 2 aliphatic rings. The van der Waals surface area contributed by atoms with Crippen LogP contribution in [-0.4, -0.2) is 37.3 Å². The second-order valence-electron chi connectivity index (χ2n) is 7.71. The highest BCUT2D eigenvalue weighted by Gasteiger charge is 2.44. The largest absolute Gasteiger partial charge is 0.308 e. The van der Waals surface area contributed by atoms with Crippen molar-refractivity contribution in [3.05, 3.63) is 59.2 Å². The third kappa shape index (κ3) is 3.24. The molecule has 1 amide bonds. The Balaban J connectivity index is 1.67. The maximum Gasteiger partial charge on any atom is 0.245 e. The molecule has 0 aliphatic carbocycles. The zero-order valence-corrected chi connectivity index (χ0v) is 17.0. The molecule has 4 rings (SSSR count). The predicted octanol–water partition coefficient (Wildman–Crippen LogP) is 3.40. The molecule has 1 fully saturated rings. The van der Waals surface area contributed by atoms with E-state index in [1.54, 1.807) is 19.1 Å². The van der Waals surface area contributed by atoms with Gasteiger partial charge in [-0.05, 0) is 57.4 Å². The van der Waals surface area contributed by atoms with Gasteiger partial charge < -0.3 is 4.90 Å². The predicted molar refractivity (Wildman–Crippen MR) is 105 cm³/mol. The summed E-state index contributed by atoms with van der Waals surface area (Å²) in [5.41, 5.74) is 1.42. The van der Waals surface area contributed by atoms with E-state index in [0.29, 0.717) is 18.5 Å². The molecule has 0 unspecified atom stereocenters. The molecule has 0 radical (unpaired) electrons. The number of rotatable bonds is 3. The Bertz CT molecular complexity index is 1070. The molecular formula is C21H22F2N2O3S. The summed E-state index contributed by atoms with van der Waals surface area (Å²) >= 11 is 0. The summed E-state index contributed by atoms with van der Waals surface area (Å²) in [5, 5.41) is 0. The lowest BCUT2D eigenvalue weighted by molar-refractivity contribution is -0.121. The van der Waals surface area contributed by atoms with Gasteiger partial charge in [-0.2, -0.15) is 4.31 Å². The van der Waals surface area contributed by atoms with Crippen LogP contribution in [-0.2, 0) is 21.2 Å². The first-order valence-corrected chi connectivity index (χ1v) is 11.0. The standard InChI is InChI=1S/C21H22F2N2O3S/c1-13-5-7-15(8-6-13)29(27,28)24-11-3-4-19(24)21(26)25-14(2)12-16-18(25)10-9-17(22)20(16)23/h5-10,14,19H,3-4,11-12H2,1-2H3/t14-,19+/m1/s1. The second-order valence-corrected chi connectivity index (χ2v) is 9.60. The third-order valence-corrected chi connectivity index (χ3v) is 7.65. The zero-order valence-electron chi connectivity index (χ0n) is 16.2. The number of fused-ring (bicyclic) bond motifs is 1. The van der Waals surface area contributed by atoms with Gasteiger partial charge in [0.15, 0.2) is 11.6 Å². The number of amides is 1. The van der Waals surface area contributed by atoms with Crippen molar-refractivity contribution in [2.75, 3.05) is 11.4 Å². The number of sulfonamides is 1. The van der Waals surface area contributed by atoms with Gasteiger partial charge >= 0.3 is 0 Å². The molecule has 0 bridgehead atoms. The summed E-state index contributed by atoms with van der Waals surface area (Å²) in [4.78, 5) is 14.9. The molecule has 0 saturated carbocycles. The Hall–Kier alpha value is -2.32. The van der Waals surface area contributed by atoms with Crippen LogP contribution in [0.25, 0.3) is 0 Å². The molecular weight excluding hydrogens is 398 g/mol. The van der Waals surface area contributed by atoms with Crippen molar-refractivity contribution in [2.24, 2.45) is 0 Å². The number of benzene rings is 2. The van der Waals surface area contributed by atoms with Crippen molar-refractivity contribution in [1.29, 1.82) is 0 Å². The van der Waals surface area contributed by atoms with E-state index in [1.165, 1.54) is 27.4 Å². The fraction of sp³-hybridized carbons (Fsp3) is 0.381. The topological polar surface area (TPSA) is 57.7 Å². The fourth-order valence-corrected chi connectivity index (χ4v) is 5.89. The highest BCUT2D eigenvalue weighted by molar-refractivity contribution is 7.89. The number of halogens is 2. The van der Waals surface area contributed by atoms with Crippen molar-refractivity contribution in [3.8, 4) is 0 Å². The highest BCUT2D eigenvalue weighted by atomic mass is 32.2. The van der Waals surface area contributed by atoms with Crippen LogP contribution in [0.2, 0.25) is 0 Å². The van der Waals surface area contributed by atoms with Crippen LogP contribution >= 0.6 is 0 Å². The second kappa shape index (κ2) is 7.18. The summed E-state index contributed by atoms with van der Waals surface area (Å²) in [5.74, 6) is -2.29. The van der Waals surface area contributed by atoms with Crippen LogP contribution in [0.15, 0.2) is 41.3 Å². The first-order chi connectivity index (χ1) is 13.7. The van der Waals surface area contributed by atoms with Gasteiger partial charge in [0.1, 0.15) is 6.04 Å². The molecule has 0 aromatic heterocycles. The van der Waals surface area contributed by atoms with Crippen molar-refractivity contribution >= 4 is 21.6 Å². The van der Waals surface area contributed by atoms with Crippen molar-refractivity contribution < 1.29 is 22.0 Å². The molecule has 0 N–H and O–H groups in total. The van der Waals surface area contributed by atoms with Gasteiger partial charge in [-0.15, -0.1) is 0 Å². The van der Waals surface area contributed by atoms with Gasteiger partial charge in [-0.1, -0.05) is 17.7 Å². The minimum absolute atomic E-state index is 0.144. The minimum Gasteiger partial charge on any atom is -0.308 e. The van der Waals surface area contributed by atoms with Crippen LogP contribution in [0.3, 0.4) is 0 Å². The maximum absolute atomic E-state index is 14.2. The lowest BCUT2D eigenvalue weighted by Crippen LogP contribution is -2.49. The van der Waals surface area contributed by atoms with Crippen LogP contribution in [0, 0.1) is 18.6 Å². The molecule has 5 nitrogen and oxygen atoms in total. The Morgan fingerprint density at radius 3 is 2.48 bits per heavy atom. The molecule has 0 spiro atoms. The average Bonchev–Trinajstić information content (AvgIpc) is 3.30. The Morgan fingerprint density at radius 1 is 1.10 bits per heavy atom. The van der Waals surface area contributed by atoms with E-state index in [2.05, 4.69) is 0 Å². The van der Waals surface area contributed by atoms with Gasteiger partial charge in [0.2, 0.25) is 15.9 Å². The molecule has 2 aliphatic heterocycles. The smallest absolute Gasteiger partial charge is 0.245 e. The summed E-state index contributed by atoms with van der Waals surface area (Å²) in [6.45, 7) is 3.87. The van der Waals surface area contributed by atoms with Crippen LogP contribution < -0.4 is 4.90 Å². The van der Waals surface area contributed by atoms with Gasteiger partial charge in [0.05, 0.1) is 10.6 Å². The van der Waals surface area contributed by atoms with Crippen molar-refractivity contribution in [1.82, 2.24) is 4.31 Å². The van der Waals surface area contributed by atoms with Crippen LogP contribution in [0.1, 0.15) is 30.9 Å². The summed E-state index contributed by atoms with van der Waals surface area (Å²) in [6.07, 6.45) is 1.16. The number of carbonyl (C=O) groups excluding carboxylic acids is 1. The van der Waals surface area contributed by atoms with E-state index in [1.807, 2.05) is 6.92 Å². The van der Waals surface area contributed by atoms with E-state index in [-0.39, 0.29) is 29.5 Å². The first kappa shape index (κ1) is 20.0. The SMILES string of the molecule is Cc1ccc(S(=O)(=O)N2CCC[C@H]2C(=O)N2c3ccc(F)c(F)c3C[C@H]2C)cc1. The quantitative estimate of drug-likeness (QED) is 0.765. The molecule has 8 heteroatoms. The highest BCUT2D eigenvalue weighted by Crippen LogP contribution is 2.37. The van der Waals surface area contributed by atoms with E-state index >= 15 is 0 Å². The molecule has 1 saturated heterocycles. The fourth-order valence-electron chi connectivity index (χ4n) is 4.24. The van der Waals surface area contributed by atoms with Crippen LogP contribution in [0.5, 0.6) is 0 Å². The van der Waals surface area contributed by atoms with Gasteiger partial charge in [-0.25, -0.2) is 17.2 Å². The van der Waals surface area contributed by atoms with Gasteiger partial charge in [0, 0.05) is 18.2 Å². The summed E-state index contributed by atoms with van der Waals surface area (Å²) in [7, 11) is -3.84. The molecule has 154 valence electrons. The normalized spacial score (nSPS) is 22.1. The number of hydrogen-bond acceptors (Lipinski definition) is 3. The lowest BCUT2D eigenvalue weighted by atomic mass is 10.1. The molecule has 2 atom stereocenters. The Labute approximate surface area is 169 Å². The monoisotopic (exact) mass is 420 g/mol. The zero-order chi connectivity index (χ0) is 20.9. The molecule has 29 heavy (non-hydrogen) atoms. The molecule has 2 aromatic carbocycles. The Kier molecular flexibility index (Phi) is 4.94. The lowest BCUT2D eigenvalue weighted by Gasteiger charge is -2.30. The van der Waals surface area contributed by atoms with Crippen molar-refractivity contribution in [3.63, 3.8) is 0 Å². The summed E-state index contributed by atoms with van der Waals surface area (Å²) in [6, 6.07) is 7.67. The van der Waals surface area contributed by atoms with Gasteiger partial charge in [-0.3, -0.25) is 4.79 Å². The molecule has 2 heterocycles. The number of nitrogens with zero attached hydrogens (tertiary/aromatic N) is 2. The number of anilines is 1. The average molecular weight is 420 g/mol. The minimum atomic E-state index is -3.84. The van der Waals surface area contributed by atoms with Gasteiger partial charge in [0.25, 0.3) is 0 Å². The van der Waals surface area contributed by atoms with E-state index < -0.39 is 33.6 Å².